The van der Waals surface area contributed by atoms with Crippen molar-refractivity contribution in [1.82, 2.24) is 4.98 Å². The van der Waals surface area contributed by atoms with E-state index in [1.54, 1.807) is 6.20 Å². The highest BCUT2D eigenvalue weighted by molar-refractivity contribution is 9.10. The van der Waals surface area contributed by atoms with Crippen LogP contribution in [0.4, 0.5) is 0 Å². The van der Waals surface area contributed by atoms with Gasteiger partial charge in [-0.15, -0.1) is 0 Å². The van der Waals surface area contributed by atoms with Gasteiger partial charge in [-0.25, -0.2) is 4.98 Å². The quantitative estimate of drug-likeness (QED) is 0.793. The minimum absolute atomic E-state index is 0.617. The molecular formula is C11H14BrNO2. The summed E-state index contributed by atoms with van der Waals surface area (Å²) in [6, 6.07) is 3.81. The summed E-state index contributed by atoms with van der Waals surface area (Å²) in [5, 5.41) is 0. The van der Waals surface area contributed by atoms with E-state index >= 15 is 0 Å². The number of hydrogen-bond acceptors (Lipinski definition) is 3. The molecule has 0 unspecified atom stereocenters. The van der Waals surface area contributed by atoms with Crippen LogP contribution in [0.5, 0.6) is 5.75 Å². The Morgan fingerprint density at radius 2 is 2.27 bits per heavy atom. The Balaban J connectivity index is 1.84. The van der Waals surface area contributed by atoms with Crippen LogP contribution < -0.4 is 4.74 Å². The van der Waals surface area contributed by atoms with Crippen LogP contribution in [0.1, 0.15) is 12.8 Å². The second-order valence-corrected chi connectivity index (χ2v) is 4.41. The maximum Gasteiger partial charge on any atom is 0.152 e. The highest BCUT2D eigenvalue weighted by Crippen LogP contribution is 2.23. The SMILES string of the molecule is Brc1ncccc1OCC1CCOCC1. The lowest BCUT2D eigenvalue weighted by Gasteiger charge is -2.22. The van der Waals surface area contributed by atoms with Gasteiger partial charge in [0, 0.05) is 19.4 Å². The Labute approximate surface area is 97.9 Å². The number of hydrogen-bond donors (Lipinski definition) is 0. The fourth-order valence-corrected chi connectivity index (χ4v) is 1.96. The number of aromatic nitrogens is 1. The van der Waals surface area contributed by atoms with E-state index in [4.69, 9.17) is 9.47 Å². The minimum Gasteiger partial charge on any atom is -0.490 e. The van der Waals surface area contributed by atoms with E-state index in [0.29, 0.717) is 5.92 Å². The van der Waals surface area contributed by atoms with Crippen LogP contribution in [0.3, 0.4) is 0 Å². The molecule has 15 heavy (non-hydrogen) atoms. The summed E-state index contributed by atoms with van der Waals surface area (Å²) in [4.78, 5) is 4.11. The second kappa shape index (κ2) is 5.47. The van der Waals surface area contributed by atoms with Crippen molar-refractivity contribution in [1.29, 1.82) is 0 Å². The first-order valence-corrected chi connectivity index (χ1v) is 5.96. The van der Waals surface area contributed by atoms with Crippen molar-refractivity contribution in [3.05, 3.63) is 22.9 Å². The predicted molar refractivity (Wildman–Crippen MR) is 61.0 cm³/mol. The van der Waals surface area contributed by atoms with Crippen molar-refractivity contribution in [2.45, 2.75) is 12.8 Å². The largest absolute Gasteiger partial charge is 0.490 e. The van der Waals surface area contributed by atoms with Gasteiger partial charge in [0.05, 0.1) is 6.61 Å². The summed E-state index contributed by atoms with van der Waals surface area (Å²) in [6.07, 6.45) is 3.93. The zero-order valence-corrected chi connectivity index (χ0v) is 10.1. The second-order valence-electron chi connectivity index (χ2n) is 3.66. The van der Waals surface area contributed by atoms with E-state index in [1.165, 1.54) is 0 Å². The number of nitrogens with zero attached hydrogens (tertiary/aromatic N) is 1. The summed E-state index contributed by atoms with van der Waals surface area (Å²) in [5.41, 5.74) is 0. The summed E-state index contributed by atoms with van der Waals surface area (Å²) in [7, 11) is 0. The predicted octanol–water partition coefficient (Wildman–Crippen LogP) is 2.65. The molecule has 0 bridgehead atoms. The molecule has 0 radical (unpaired) electrons. The molecule has 1 aliphatic rings. The highest BCUT2D eigenvalue weighted by atomic mass is 79.9. The van der Waals surface area contributed by atoms with E-state index in [-0.39, 0.29) is 0 Å². The number of ether oxygens (including phenoxy) is 2. The molecule has 0 spiro atoms. The minimum atomic E-state index is 0.617. The first-order valence-electron chi connectivity index (χ1n) is 5.17. The Morgan fingerprint density at radius 1 is 1.47 bits per heavy atom. The summed E-state index contributed by atoms with van der Waals surface area (Å²) in [6.45, 7) is 2.48. The monoisotopic (exact) mass is 271 g/mol. The van der Waals surface area contributed by atoms with Crippen LogP contribution in [0.15, 0.2) is 22.9 Å². The highest BCUT2D eigenvalue weighted by Gasteiger charge is 2.14. The molecule has 1 fully saturated rings. The Hall–Kier alpha value is -0.610. The Bertz CT molecular complexity index is 313. The molecule has 0 aromatic carbocycles. The molecule has 1 aromatic rings. The Kier molecular flexibility index (Phi) is 3.97. The van der Waals surface area contributed by atoms with E-state index in [1.807, 2.05) is 12.1 Å². The Morgan fingerprint density at radius 3 is 3.00 bits per heavy atom. The van der Waals surface area contributed by atoms with Crippen molar-refractivity contribution >= 4 is 15.9 Å². The molecule has 3 nitrogen and oxygen atoms in total. The third-order valence-corrected chi connectivity index (χ3v) is 3.14. The van der Waals surface area contributed by atoms with Gasteiger partial charge in [-0.1, -0.05) is 0 Å². The average Bonchev–Trinajstić information content (AvgIpc) is 2.29. The van der Waals surface area contributed by atoms with Crippen LogP contribution in [-0.2, 0) is 4.74 Å². The van der Waals surface area contributed by atoms with Crippen LogP contribution in [0, 0.1) is 5.92 Å². The molecule has 0 N–H and O–H groups in total. The van der Waals surface area contributed by atoms with E-state index in [0.717, 1.165) is 43.0 Å². The lowest BCUT2D eigenvalue weighted by Crippen LogP contribution is -2.21. The molecular weight excluding hydrogens is 258 g/mol. The normalized spacial score (nSPS) is 17.7. The lowest BCUT2D eigenvalue weighted by molar-refractivity contribution is 0.0496. The molecule has 2 rings (SSSR count). The topological polar surface area (TPSA) is 31.4 Å². The standard InChI is InChI=1S/C11H14BrNO2/c12-11-10(2-1-5-13-11)15-8-9-3-6-14-7-4-9/h1-2,5,9H,3-4,6-8H2. The van der Waals surface area contributed by atoms with Gasteiger partial charge >= 0.3 is 0 Å². The van der Waals surface area contributed by atoms with E-state index in [2.05, 4.69) is 20.9 Å². The van der Waals surface area contributed by atoms with Gasteiger partial charge in [-0.3, -0.25) is 0 Å². The molecule has 0 aliphatic carbocycles. The molecule has 4 heteroatoms. The van der Waals surface area contributed by atoms with Gasteiger partial charge < -0.3 is 9.47 Å². The van der Waals surface area contributed by atoms with Crippen molar-refractivity contribution < 1.29 is 9.47 Å². The van der Waals surface area contributed by atoms with Gasteiger partial charge in [-0.2, -0.15) is 0 Å². The van der Waals surface area contributed by atoms with Crippen molar-refractivity contribution in [2.24, 2.45) is 5.92 Å². The smallest absolute Gasteiger partial charge is 0.152 e. The maximum absolute atomic E-state index is 5.71. The molecule has 0 saturated carbocycles. The summed E-state index contributed by atoms with van der Waals surface area (Å²) < 4.78 is 11.8. The fraction of sp³-hybridized carbons (Fsp3) is 0.545. The molecule has 1 aliphatic heterocycles. The maximum atomic E-state index is 5.71. The average molecular weight is 272 g/mol. The van der Waals surface area contributed by atoms with Crippen LogP contribution in [-0.4, -0.2) is 24.8 Å². The van der Waals surface area contributed by atoms with E-state index in [9.17, 15) is 0 Å². The van der Waals surface area contributed by atoms with Crippen LogP contribution >= 0.6 is 15.9 Å². The summed E-state index contributed by atoms with van der Waals surface area (Å²) >= 11 is 3.36. The number of rotatable bonds is 3. The molecule has 1 saturated heterocycles. The van der Waals surface area contributed by atoms with Gasteiger partial charge in [0.15, 0.2) is 5.75 Å². The van der Waals surface area contributed by atoms with Gasteiger partial charge in [-0.05, 0) is 46.8 Å². The molecule has 0 amide bonds. The summed E-state index contributed by atoms with van der Waals surface area (Å²) in [5.74, 6) is 1.44. The van der Waals surface area contributed by atoms with Crippen LogP contribution in [0.25, 0.3) is 0 Å². The van der Waals surface area contributed by atoms with Crippen LogP contribution in [0.2, 0.25) is 0 Å². The number of pyridine rings is 1. The van der Waals surface area contributed by atoms with Crippen molar-refractivity contribution in [2.75, 3.05) is 19.8 Å². The zero-order chi connectivity index (χ0) is 10.5. The third-order valence-electron chi connectivity index (χ3n) is 2.54. The van der Waals surface area contributed by atoms with Gasteiger partial charge in [0.25, 0.3) is 0 Å². The van der Waals surface area contributed by atoms with Gasteiger partial charge in [0.2, 0.25) is 0 Å². The lowest BCUT2D eigenvalue weighted by atomic mass is 10.0. The first-order chi connectivity index (χ1) is 7.36. The first kappa shape index (κ1) is 10.9. The number of halogens is 1. The zero-order valence-electron chi connectivity index (χ0n) is 8.49. The molecule has 0 atom stereocenters. The third kappa shape index (κ3) is 3.18. The molecule has 1 aromatic heterocycles. The van der Waals surface area contributed by atoms with E-state index < -0.39 is 0 Å². The molecule has 82 valence electrons. The fourth-order valence-electron chi connectivity index (χ4n) is 1.60. The van der Waals surface area contributed by atoms with Gasteiger partial charge in [0.1, 0.15) is 4.60 Å². The van der Waals surface area contributed by atoms with Crippen molar-refractivity contribution in [3.8, 4) is 5.75 Å². The van der Waals surface area contributed by atoms with Crippen molar-refractivity contribution in [3.63, 3.8) is 0 Å². The molecule has 2 heterocycles.